The SMILES string of the molecule is O=C(C=CC(=O)OCCCCCCOC(=O)c1cc(C(=O)OCCCCCCO)cc(S(=O)(=O)O)c1)OCCCCCCO. The summed E-state index contributed by atoms with van der Waals surface area (Å²) < 4.78 is 53.1. The van der Waals surface area contributed by atoms with Crippen molar-refractivity contribution < 1.29 is 61.3 Å². The highest BCUT2D eigenvalue weighted by molar-refractivity contribution is 7.85. The van der Waals surface area contributed by atoms with E-state index in [1.165, 1.54) is 0 Å². The lowest BCUT2D eigenvalue weighted by Gasteiger charge is -2.09. The van der Waals surface area contributed by atoms with Crippen molar-refractivity contribution in [1.29, 1.82) is 0 Å². The van der Waals surface area contributed by atoms with Crippen molar-refractivity contribution in [3.05, 3.63) is 41.5 Å². The van der Waals surface area contributed by atoms with Crippen LogP contribution in [0.2, 0.25) is 0 Å². The Morgan fingerprint density at radius 2 is 0.886 bits per heavy atom. The van der Waals surface area contributed by atoms with Crippen molar-refractivity contribution in [2.24, 2.45) is 0 Å². The second-order valence-electron chi connectivity index (χ2n) is 9.85. The van der Waals surface area contributed by atoms with Gasteiger partial charge in [0, 0.05) is 25.4 Å². The number of benzene rings is 1. The number of carbonyl (C=O) groups excluding carboxylic acids is 4. The molecule has 0 aliphatic carbocycles. The molecule has 1 aromatic carbocycles. The molecule has 0 fully saturated rings. The highest BCUT2D eigenvalue weighted by atomic mass is 32.2. The van der Waals surface area contributed by atoms with Gasteiger partial charge in [0.1, 0.15) is 0 Å². The molecule has 1 aromatic rings. The molecule has 0 aliphatic heterocycles. The number of aliphatic hydroxyl groups excluding tert-OH is 2. The van der Waals surface area contributed by atoms with E-state index in [1.54, 1.807) is 0 Å². The molecular weight excluding hydrogens is 600 g/mol. The lowest BCUT2D eigenvalue weighted by Crippen LogP contribution is -2.13. The summed E-state index contributed by atoms with van der Waals surface area (Å²) in [6, 6.07) is 2.96. The van der Waals surface area contributed by atoms with Crippen LogP contribution < -0.4 is 0 Å². The third-order valence-corrected chi connectivity index (χ3v) is 6.96. The summed E-state index contributed by atoms with van der Waals surface area (Å²) in [5, 5.41) is 17.5. The van der Waals surface area contributed by atoms with E-state index in [2.05, 4.69) is 0 Å². The minimum atomic E-state index is -4.72. The number of unbranched alkanes of at least 4 members (excludes halogenated alkanes) is 9. The van der Waals surface area contributed by atoms with Gasteiger partial charge in [-0.05, 0) is 82.4 Å². The highest BCUT2D eigenvalue weighted by Crippen LogP contribution is 2.18. The van der Waals surface area contributed by atoms with Crippen LogP contribution in [0.3, 0.4) is 0 Å². The predicted molar refractivity (Wildman–Crippen MR) is 157 cm³/mol. The molecule has 13 nitrogen and oxygen atoms in total. The van der Waals surface area contributed by atoms with E-state index in [0.717, 1.165) is 56.0 Å². The van der Waals surface area contributed by atoms with Crippen LogP contribution in [0.25, 0.3) is 0 Å². The third-order valence-electron chi connectivity index (χ3n) is 6.13. The molecule has 0 bridgehead atoms. The Morgan fingerprint density at radius 1 is 0.545 bits per heavy atom. The first-order valence-corrected chi connectivity index (χ1v) is 16.2. The molecule has 0 saturated carbocycles. The quantitative estimate of drug-likeness (QED) is 0.0485. The lowest BCUT2D eigenvalue weighted by molar-refractivity contribution is -0.140. The smallest absolute Gasteiger partial charge is 0.338 e. The molecule has 0 spiro atoms. The minimum absolute atomic E-state index is 0.00856. The van der Waals surface area contributed by atoms with Crippen molar-refractivity contribution in [3.8, 4) is 0 Å². The first-order valence-electron chi connectivity index (χ1n) is 14.8. The van der Waals surface area contributed by atoms with Gasteiger partial charge in [-0.25, -0.2) is 19.2 Å². The van der Waals surface area contributed by atoms with Crippen LogP contribution >= 0.6 is 0 Å². The Bertz CT molecular complexity index is 1160. The van der Waals surface area contributed by atoms with Crippen LogP contribution in [0.4, 0.5) is 0 Å². The van der Waals surface area contributed by atoms with Crippen LogP contribution in [0.15, 0.2) is 35.2 Å². The van der Waals surface area contributed by atoms with Gasteiger partial charge in [-0.15, -0.1) is 0 Å². The van der Waals surface area contributed by atoms with Crippen molar-refractivity contribution >= 4 is 34.0 Å². The molecule has 0 radical (unpaired) electrons. The second kappa shape index (κ2) is 23.1. The normalized spacial score (nSPS) is 11.3. The number of ether oxygens (including phenoxy) is 4. The average molecular weight is 645 g/mol. The molecule has 0 heterocycles. The first-order chi connectivity index (χ1) is 21.1. The van der Waals surface area contributed by atoms with Crippen LogP contribution in [-0.2, 0) is 38.7 Å². The zero-order chi connectivity index (χ0) is 32.6. The maximum Gasteiger partial charge on any atom is 0.338 e. The van der Waals surface area contributed by atoms with Gasteiger partial charge in [0.25, 0.3) is 10.1 Å². The highest BCUT2D eigenvalue weighted by Gasteiger charge is 2.20. The summed E-state index contributed by atoms with van der Waals surface area (Å²) >= 11 is 0. The van der Waals surface area contributed by atoms with Gasteiger partial charge in [-0.2, -0.15) is 8.42 Å². The largest absolute Gasteiger partial charge is 0.463 e. The van der Waals surface area contributed by atoms with E-state index in [-0.39, 0.29) is 50.8 Å². The Labute approximate surface area is 258 Å². The second-order valence-corrected chi connectivity index (χ2v) is 11.3. The number of hydrogen-bond acceptors (Lipinski definition) is 12. The maximum absolute atomic E-state index is 12.5. The minimum Gasteiger partial charge on any atom is -0.463 e. The fourth-order valence-electron chi connectivity index (χ4n) is 3.75. The molecule has 0 atom stereocenters. The van der Waals surface area contributed by atoms with E-state index >= 15 is 0 Å². The number of rotatable bonds is 24. The van der Waals surface area contributed by atoms with Crippen LogP contribution in [0, 0.1) is 0 Å². The van der Waals surface area contributed by atoms with Gasteiger partial charge in [-0.3, -0.25) is 4.55 Å². The van der Waals surface area contributed by atoms with Crippen LogP contribution in [-0.4, -0.2) is 86.7 Å². The summed E-state index contributed by atoms with van der Waals surface area (Å²) in [6.07, 6.45) is 10.0. The number of carbonyl (C=O) groups is 4. The Balaban J connectivity index is 2.36. The standard InChI is InChI=1S/C30H44O13S/c31-15-7-1-3-9-17-40-27(33)13-14-28(34)41-18-10-5-6-12-20-43-30(36)25-21-24(22-26(23-25)44(37,38)39)29(35)42-19-11-4-2-8-16-32/h13-14,21-23,31-32H,1-12,15-20H2,(H,37,38,39). The fraction of sp³-hybridized carbons (Fsp3) is 0.600. The van der Waals surface area contributed by atoms with E-state index in [9.17, 15) is 32.1 Å². The summed E-state index contributed by atoms with van der Waals surface area (Å²) in [4.78, 5) is 47.6. The molecular formula is C30H44O13S. The van der Waals surface area contributed by atoms with E-state index in [4.69, 9.17) is 29.2 Å². The Hall–Kier alpha value is -3.33. The summed E-state index contributed by atoms with van der Waals surface area (Å²) in [5.41, 5.74) is -0.467. The number of hydrogen-bond donors (Lipinski definition) is 3. The third kappa shape index (κ3) is 18.4. The summed E-state index contributed by atoms with van der Waals surface area (Å²) in [5.74, 6) is -3.05. The predicted octanol–water partition coefficient (Wildman–Crippen LogP) is 3.56. The zero-order valence-electron chi connectivity index (χ0n) is 24.9. The molecule has 0 aliphatic rings. The average Bonchev–Trinajstić information content (AvgIpc) is 2.99. The maximum atomic E-state index is 12.5. The first kappa shape index (κ1) is 38.7. The van der Waals surface area contributed by atoms with Crippen molar-refractivity contribution in [2.45, 2.75) is 81.9 Å². The number of aliphatic hydroxyl groups is 2. The summed E-state index contributed by atoms with van der Waals surface area (Å²) in [6.45, 7) is 0.657. The Kier molecular flexibility index (Phi) is 20.3. The topological polar surface area (TPSA) is 200 Å². The van der Waals surface area contributed by atoms with Gasteiger partial charge >= 0.3 is 23.9 Å². The van der Waals surface area contributed by atoms with E-state index in [0.29, 0.717) is 51.4 Å². The molecule has 0 saturated heterocycles. The monoisotopic (exact) mass is 644 g/mol. The molecule has 14 heteroatoms. The molecule has 0 amide bonds. The molecule has 44 heavy (non-hydrogen) atoms. The lowest BCUT2D eigenvalue weighted by atomic mass is 10.1. The van der Waals surface area contributed by atoms with Crippen molar-refractivity contribution in [2.75, 3.05) is 39.6 Å². The van der Waals surface area contributed by atoms with Crippen LogP contribution in [0.1, 0.15) is 97.8 Å². The number of esters is 4. The summed E-state index contributed by atoms with van der Waals surface area (Å²) in [7, 11) is -4.72. The molecule has 3 N–H and O–H groups in total. The van der Waals surface area contributed by atoms with Gasteiger partial charge in [0.2, 0.25) is 0 Å². The van der Waals surface area contributed by atoms with Crippen molar-refractivity contribution in [3.63, 3.8) is 0 Å². The van der Waals surface area contributed by atoms with Gasteiger partial charge in [0.05, 0.1) is 42.4 Å². The van der Waals surface area contributed by atoms with E-state index < -0.39 is 38.9 Å². The molecule has 0 aromatic heterocycles. The van der Waals surface area contributed by atoms with Gasteiger partial charge < -0.3 is 29.2 Å². The zero-order valence-corrected chi connectivity index (χ0v) is 25.8. The fourth-order valence-corrected chi connectivity index (χ4v) is 4.30. The van der Waals surface area contributed by atoms with Gasteiger partial charge in [-0.1, -0.05) is 12.8 Å². The molecule has 0 unspecified atom stereocenters. The van der Waals surface area contributed by atoms with Gasteiger partial charge in [0.15, 0.2) is 0 Å². The van der Waals surface area contributed by atoms with Crippen LogP contribution in [0.5, 0.6) is 0 Å². The van der Waals surface area contributed by atoms with E-state index in [1.807, 2.05) is 0 Å². The Morgan fingerprint density at radius 3 is 1.23 bits per heavy atom. The molecule has 248 valence electrons. The molecule has 1 rings (SSSR count). The van der Waals surface area contributed by atoms with Crippen molar-refractivity contribution in [1.82, 2.24) is 0 Å².